The van der Waals surface area contributed by atoms with Gasteiger partial charge in [0.1, 0.15) is 0 Å². The fraction of sp³-hybridized carbons (Fsp3) is 0.786. The normalized spacial score (nSPS) is 12.2. The van der Waals surface area contributed by atoms with E-state index < -0.39 is 6.43 Å². The first kappa shape index (κ1) is 17.3. The van der Waals surface area contributed by atoms with Crippen LogP contribution in [0.25, 0.3) is 0 Å². The average Bonchev–Trinajstić information content (AvgIpc) is 2.72. The molecule has 0 unspecified atom stereocenters. The zero-order chi connectivity index (χ0) is 15.3. The molecule has 0 aliphatic rings. The van der Waals surface area contributed by atoms with Gasteiger partial charge in [-0.05, 0) is 13.0 Å². The summed E-state index contributed by atoms with van der Waals surface area (Å²) in [6.45, 7) is 9.84. The van der Waals surface area contributed by atoms with Crippen LogP contribution in [0.5, 0.6) is 0 Å². The maximum absolute atomic E-state index is 12.5. The molecule has 0 spiro atoms. The Balaban J connectivity index is 2.93. The van der Waals surface area contributed by atoms with Gasteiger partial charge in [-0.2, -0.15) is 0 Å². The van der Waals surface area contributed by atoms with Crippen molar-refractivity contribution in [2.24, 2.45) is 0 Å². The molecule has 1 heterocycles. The molecule has 0 bridgehead atoms. The molecule has 116 valence electrons. The second kappa shape index (κ2) is 7.31. The van der Waals surface area contributed by atoms with Crippen LogP contribution in [0.2, 0.25) is 0 Å². The van der Waals surface area contributed by atoms with Crippen molar-refractivity contribution < 1.29 is 8.78 Å². The highest BCUT2D eigenvalue weighted by molar-refractivity contribution is 7.15. The van der Waals surface area contributed by atoms with Gasteiger partial charge < -0.3 is 10.2 Å². The Labute approximate surface area is 124 Å². The van der Waals surface area contributed by atoms with Gasteiger partial charge in [0.15, 0.2) is 5.13 Å². The molecule has 0 saturated carbocycles. The molecule has 0 amide bonds. The molecule has 1 N–H and O–H groups in total. The first-order valence-corrected chi connectivity index (χ1v) is 7.77. The van der Waals surface area contributed by atoms with Crippen LogP contribution in [0.4, 0.5) is 13.9 Å². The number of halogens is 2. The van der Waals surface area contributed by atoms with Crippen molar-refractivity contribution in [3.8, 4) is 0 Å². The van der Waals surface area contributed by atoms with Crippen molar-refractivity contribution in [2.45, 2.75) is 52.5 Å². The van der Waals surface area contributed by atoms with Crippen LogP contribution in [0.3, 0.4) is 0 Å². The number of hydrogen-bond acceptors (Lipinski definition) is 4. The monoisotopic (exact) mass is 305 g/mol. The molecular weight excluding hydrogens is 280 g/mol. The number of hydrogen-bond donors (Lipinski definition) is 1. The summed E-state index contributed by atoms with van der Waals surface area (Å²) in [6, 6.07) is 0. The van der Waals surface area contributed by atoms with Gasteiger partial charge in [-0.15, -0.1) is 11.3 Å². The number of nitrogens with one attached hydrogen (secondary N) is 1. The summed E-state index contributed by atoms with van der Waals surface area (Å²) < 4.78 is 25.0. The Morgan fingerprint density at radius 1 is 1.35 bits per heavy atom. The Bertz CT molecular complexity index is 413. The van der Waals surface area contributed by atoms with Crippen molar-refractivity contribution >= 4 is 16.5 Å². The van der Waals surface area contributed by atoms with E-state index in [2.05, 4.69) is 38.0 Å². The first-order valence-electron chi connectivity index (χ1n) is 6.95. The van der Waals surface area contributed by atoms with Gasteiger partial charge in [-0.3, -0.25) is 0 Å². The smallest absolute Gasteiger partial charge is 0.255 e. The van der Waals surface area contributed by atoms with Gasteiger partial charge in [0.2, 0.25) is 0 Å². The number of nitrogens with zero attached hydrogens (tertiary/aromatic N) is 2. The van der Waals surface area contributed by atoms with E-state index in [1.165, 1.54) is 16.2 Å². The topological polar surface area (TPSA) is 28.2 Å². The highest BCUT2D eigenvalue weighted by Gasteiger charge is 2.24. The minimum atomic E-state index is -2.34. The quantitative estimate of drug-likeness (QED) is 0.780. The Kier molecular flexibility index (Phi) is 6.33. The maximum atomic E-state index is 12.5. The predicted molar refractivity (Wildman–Crippen MR) is 82.1 cm³/mol. The summed E-state index contributed by atoms with van der Waals surface area (Å²) in [6.07, 6.45) is -1.27. The minimum absolute atomic E-state index is 0.0797. The zero-order valence-corrected chi connectivity index (χ0v) is 13.8. The second-order valence-corrected chi connectivity index (χ2v) is 7.03. The van der Waals surface area contributed by atoms with Crippen molar-refractivity contribution in [3.05, 3.63) is 10.6 Å². The first-order chi connectivity index (χ1) is 9.25. The van der Waals surface area contributed by atoms with Crippen LogP contribution in [0, 0.1) is 0 Å². The van der Waals surface area contributed by atoms with Crippen molar-refractivity contribution in [2.75, 3.05) is 25.0 Å². The number of alkyl halides is 2. The maximum Gasteiger partial charge on any atom is 0.255 e. The summed E-state index contributed by atoms with van der Waals surface area (Å²) >= 11 is 1.51. The summed E-state index contributed by atoms with van der Waals surface area (Å²) in [5.74, 6) is 0. The zero-order valence-electron chi connectivity index (χ0n) is 13.0. The Morgan fingerprint density at radius 2 is 2.00 bits per heavy atom. The molecule has 0 aliphatic heterocycles. The molecule has 20 heavy (non-hydrogen) atoms. The molecule has 1 aromatic heterocycles. The highest BCUT2D eigenvalue weighted by atomic mass is 32.1. The molecule has 3 nitrogen and oxygen atoms in total. The van der Waals surface area contributed by atoms with Gasteiger partial charge >= 0.3 is 0 Å². The van der Waals surface area contributed by atoms with Gasteiger partial charge in [0, 0.05) is 23.9 Å². The van der Waals surface area contributed by atoms with E-state index >= 15 is 0 Å². The highest BCUT2D eigenvalue weighted by Crippen LogP contribution is 2.33. The van der Waals surface area contributed by atoms with E-state index in [0.717, 1.165) is 30.1 Å². The van der Waals surface area contributed by atoms with E-state index in [9.17, 15) is 8.78 Å². The minimum Gasteiger partial charge on any atom is -0.345 e. The molecule has 1 aromatic rings. The second-order valence-electron chi connectivity index (χ2n) is 5.97. The van der Waals surface area contributed by atoms with Crippen LogP contribution >= 0.6 is 11.3 Å². The summed E-state index contributed by atoms with van der Waals surface area (Å²) in [7, 11) is 1.67. The van der Waals surface area contributed by atoms with Gasteiger partial charge in [0.05, 0.1) is 12.2 Å². The number of thiazole rings is 1. The lowest BCUT2D eigenvalue weighted by atomic mass is 9.91. The van der Waals surface area contributed by atoms with Crippen molar-refractivity contribution in [1.82, 2.24) is 10.3 Å². The van der Waals surface area contributed by atoms with Crippen molar-refractivity contribution in [3.63, 3.8) is 0 Å². The molecule has 0 radical (unpaired) electrons. The lowest BCUT2D eigenvalue weighted by Crippen LogP contribution is -2.24. The fourth-order valence-corrected chi connectivity index (χ4v) is 3.08. The van der Waals surface area contributed by atoms with Gasteiger partial charge in [0.25, 0.3) is 6.43 Å². The van der Waals surface area contributed by atoms with Gasteiger partial charge in [-0.1, -0.05) is 27.7 Å². The third-order valence-electron chi connectivity index (χ3n) is 2.85. The fourth-order valence-electron chi connectivity index (χ4n) is 1.87. The molecule has 0 fully saturated rings. The molecule has 0 saturated heterocycles. The Morgan fingerprint density at radius 3 is 2.50 bits per heavy atom. The van der Waals surface area contributed by atoms with E-state index in [-0.39, 0.29) is 12.0 Å². The van der Waals surface area contributed by atoms with Crippen LogP contribution in [0.15, 0.2) is 0 Å². The predicted octanol–water partition coefficient (Wildman–Crippen LogP) is 3.64. The number of anilines is 1. The van der Waals surface area contributed by atoms with Crippen LogP contribution < -0.4 is 10.2 Å². The van der Waals surface area contributed by atoms with E-state index in [1.807, 2.05) is 0 Å². The summed E-state index contributed by atoms with van der Waals surface area (Å²) in [5, 5.41) is 4.03. The third-order valence-corrected chi connectivity index (χ3v) is 4.02. The third kappa shape index (κ3) is 4.98. The molecule has 1 rings (SSSR count). The SMILES string of the molecule is CCCNCc1sc(N(C)CC(F)F)nc1C(C)(C)C. The molecule has 0 aliphatic carbocycles. The van der Waals surface area contributed by atoms with Crippen LogP contribution in [0.1, 0.15) is 44.7 Å². The van der Waals surface area contributed by atoms with Crippen molar-refractivity contribution in [1.29, 1.82) is 0 Å². The number of aromatic nitrogens is 1. The molecular formula is C14H25F2N3S. The van der Waals surface area contributed by atoms with E-state index in [1.54, 1.807) is 7.05 Å². The average molecular weight is 305 g/mol. The molecule has 6 heteroatoms. The lowest BCUT2D eigenvalue weighted by molar-refractivity contribution is 0.156. The molecule has 0 atom stereocenters. The van der Waals surface area contributed by atoms with E-state index in [4.69, 9.17) is 0 Å². The van der Waals surface area contributed by atoms with Gasteiger partial charge in [-0.25, -0.2) is 13.8 Å². The lowest BCUT2D eigenvalue weighted by Gasteiger charge is -2.18. The van der Waals surface area contributed by atoms with Crippen LogP contribution in [-0.2, 0) is 12.0 Å². The summed E-state index contributed by atoms with van der Waals surface area (Å²) in [4.78, 5) is 7.26. The Hall–Kier alpha value is -0.750. The van der Waals surface area contributed by atoms with E-state index in [0.29, 0.717) is 5.13 Å². The summed E-state index contributed by atoms with van der Waals surface area (Å²) in [5.41, 5.74) is 0.922. The number of rotatable bonds is 7. The molecule has 0 aromatic carbocycles. The standard InChI is InChI=1S/C14H25F2N3S/c1-6-7-17-8-10-12(14(2,3)4)18-13(20-10)19(5)9-11(15)16/h11,17H,6-9H2,1-5H3. The largest absolute Gasteiger partial charge is 0.345 e. The van der Waals surface area contributed by atoms with Crippen LogP contribution in [-0.4, -0.2) is 31.5 Å².